The molecule has 0 saturated carbocycles. The average Bonchev–Trinajstić information content (AvgIpc) is 2.51. The van der Waals surface area contributed by atoms with Crippen molar-refractivity contribution < 1.29 is 9.47 Å². The fourth-order valence-corrected chi connectivity index (χ4v) is 2.54. The largest absolute Gasteiger partial charge is 0.497 e. The van der Waals surface area contributed by atoms with Gasteiger partial charge in [-0.2, -0.15) is 0 Å². The van der Waals surface area contributed by atoms with Gasteiger partial charge in [0.25, 0.3) is 0 Å². The van der Waals surface area contributed by atoms with Gasteiger partial charge in [0.2, 0.25) is 0 Å². The van der Waals surface area contributed by atoms with E-state index in [0.29, 0.717) is 6.61 Å². The van der Waals surface area contributed by atoms with E-state index < -0.39 is 0 Å². The summed E-state index contributed by atoms with van der Waals surface area (Å²) < 4.78 is 12.4. The molecule has 0 spiro atoms. The molecular weight excluding hydrogens is 330 g/mol. The Kier molecular flexibility index (Phi) is 6.23. The standard InChI is InChI=1S/C17H20BrNO2/c1-19-11-17(14-6-4-7-15(18)10-14)21-12-13-5-3-8-16(9-13)20-2/h3-10,17,19H,11-12H2,1-2H3. The molecule has 0 aliphatic heterocycles. The van der Waals surface area contributed by atoms with Crippen LogP contribution in [0, 0.1) is 0 Å². The van der Waals surface area contributed by atoms with Crippen LogP contribution in [0.1, 0.15) is 17.2 Å². The van der Waals surface area contributed by atoms with Gasteiger partial charge in [-0.15, -0.1) is 0 Å². The summed E-state index contributed by atoms with van der Waals surface area (Å²) in [6, 6.07) is 16.2. The van der Waals surface area contributed by atoms with Crippen molar-refractivity contribution >= 4 is 15.9 Å². The van der Waals surface area contributed by atoms with Gasteiger partial charge in [-0.25, -0.2) is 0 Å². The molecule has 0 radical (unpaired) electrons. The summed E-state index contributed by atoms with van der Waals surface area (Å²) in [6.45, 7) is 1.32. The summed E-state index contributed by atoms with van der Waals surface area (Å²) in [7, 11) is 3.60. The summed E-state index contributed by atoms with van der Waals surface area (Å²) >= 11 is 3.50. The molecule has 1 atom stereocenters. The molecule has 1 unspecified atom stereocenters. The van der Waals surface area contributed by atoms with E-state index in [1.807, 2.05) is 43.4 Å². The minimum atomic E-state index is 0.0127. The van der Waals surface area contributed by atoms with Gasteiger partial charge in [0.05, 0.1) is 19.8 Å². The van der Waals surface area contributed by atoms with Crippen LogP contribution in [0.2, 0.25) is 0 Å². The number of hydrogen-bond acceptors (Lipinski definition) is 3. The fourth-order valence-electron chi connectivity index (χ4n) is 2.12. The molecule has 0 aliphatic rings. The van der Waals surface area contributed by atoms with Crippen LogP contribution in [0.4, 0.5) is 0 Å². The third-order valence-corrected chi connectivity index (χ3v) is 3.69. The summed E-state index contributed by atoms with van der Waals surface area (Å²) in [4.78, 5) is 0. The monoisotopic (exact) mass is 349 g/mol. The molecule has 1 N–H and O–H groups in total. The molecule has 0 bridgehead atoms. The van der Waals surface area contributed by atoms with E-state index in [1.165, 1.54) is 0 Å². The number of halogens is 1. The van der Waals surface area contributed by atoms with Crippen LogP contribution >= 0.6 is 15.9 Å². The SMILES string of the molecule is CNCC(OCc1cccc(OC)c1)c1cccc(Br)c1. The number of methoxy groups -OCH3 is 1. The second-order valence-electron chi connectivity index (χ2n) is 4.76. The zero-order valence-corrected chi connectivity index (χ0v) is 13.9. The molecule has 0 amide bonds. The van der Waals surface area contributed by atoms with Crippen LogP contribution in [0.15, 0.2) is 53.0 Å². The molecule has 3 nitrogen and oxygen atoms in total. The Morgan fingerprint density at radius 1 is 1.14 bits per heavy atom. The van der Waals surface area contributed by atoms with Gasteiger partial charge < -0.3 is 14.8 Å². The lowest BCUT2D eigenvalue weighted by molar-refractivity contribution is 0.0409. The van der Waals surface area contributed by atoms with Crippen molar-refractivity contribution in [2.24, 2.45) is 0 Å². The first kappa shape index (κ1) is 16.0. The summed E-state index contributed by atoms with van der Waals surface area (Å²) in [6.07, 6.45) is 0.0127. The van der Waals surface area contributed by atoms with E-state index in [1.54, 1.807) is 7.11 Å². The zero-order valence-electron chi connectivity index (χ0n) is 12.3. The van der Waals surface area contributed by atoms with Crippen LogP contribution in [-0.2, 0) is 11.3 Å². The van der Waals surface area contributed by atoms with Crippen molar-refractivity contribution in [3.63, 3.8) is 0 Å². The highest BCUT2D eigenvalue weighted by Crippen LogP contribution is 2.23. The maximum absolute atomic E-state index is 6.07. The first-order chi connectivity index (χ1) is 10.2. The van der Waals surface area contributed by atoms with E-state index in [9.17, 15) is 0 Å². The van der Waals surface area contributed by atoms with Crippen LogP contribution in [0.5, 0.6) is 5.75 Å². The predicted octanol–water partition coefficient (Wildman–Crippen LogP) is 3.94. The zero-order chi connectivity index (χ0) is 15.1. The molecule has 0 heterocycles. The van der Waals surface area contributed by atoms with Gasteiger partial charge in [-0.3, -0.25) is 0 Å². The van der Waals surface area contributed by atoms with Crippen molar-refractivity contribution in [2.45, 2.75) is 12.7 Å². The predicted molar refractivity (Wildman–Crippen MR) is 88.6 cm³/mol. The quantitative estimate of drug-likeness (QED) is 0.821. The van der Waals surface area contributed by atoms with Crippen molar-refractivity contribution in [2.75, 3.05) is 20.7 Å². The van der Waals surface area contributed by atoms with Gasteiger partial charge in [0.1, 0.15) is 5.75 Å². The van der Waals surface area contributed by atoms with Crippen LogP contribution in [0.25, 0.3) is 0 Å². The Bertz CT molecular complexity index is 574. The summed E-state index contributed by atoms with van der Waals surface area (Å²) in [5, 5.41) is 3.18. The van der Waals surface area contributed by atoms with Crippen LogP contribution in [0.3, 0.4) is 0 Å². The van der Waals surface area contributed by atoms with Gasteiger partial charge in [0, 0.05) is 11.0 Å². The van der Waals surface area contributed by atoms with E-state index in [4.69, 9.17) is 9.47 Å². The van der Waals surface area contributed by atoms with Crippen molar-refractivity contribution in [3.05, 3.63) is 64.1 Å². The first-order valence-corrected chi connectivity index (χ1v) is 7.67. The number of likely N-dealkylation sites (N-methyl/N-ethyl adjacent to an activating group) is 1. The molecule has 112 valence electrons. The van der Waals surface area contributed by atoms with E-state index >= 15 is 0 Å². The maximum Gasteiger partial charge on any atom is 0.119 e. The van der Waals surface area contributed by atoms with Crippen molar-refractivity contribution in [3.8, 4) is 5.75 Å². The smallest absolute Gasteiger partial charge is 0.119 e. The van der Waals surface area contributed by atoms with Gasteiger partial charge in [0.15, 0.2) is 0 Å². The number of benzene rings is 2. The Balaban J connectivity index is 2.06. The second kappa shape index (κ2) is 8.17. The third-order valence-electron chi connectivity index (χ3n) is 3.20. The molecule has 2 aromatic rings. The Morgan fingerprint density at radius 2 is 1.95 bits per heavy atom. The minimum absolute atomic E-state index is 0.0127. The molecule has 2 aromatic carbocycles. The van der Waals surface area contributed by atoms with Crippen molar-refractivity contribution in [1.82, 2.24) is 5.32 Å². The normalized spacial score (nSPS) is 12.1. The second-order valence-corrected chi connectivity index (χ2v) is 5.68. The number of nitrogens with one attached hydrogen (secondary N) is 1. The molecule has 2 rings (SSSR count). The molecular formula is C17H20BrNO2. The minimum Gasteiger partial charge on any atom is -0.497 e. The van der Waals surface area contributed by atoms with Gasteiger partial charge >= 0.3 is 0 Å². The Morgan fingerprint density at radius 3 is 2.67 bits per heavy atom. The van der Waals surface area contributed by atoms with E-state index in [-0.39, 0.29) is 6.10 Å². The molecule has 0 saturated heterocycles. The molecule has 21 heavy (non-hydrogen) atoms. The first-order valence-electron chi connectivity index (χ1n) is 6.87. The number of rotatable bonds is 7. The Labute approximate surface area is 134 Å². The molecule has 4 heteroatoms. The lowest BCUT2D eigenvalue weighted by atomic mass is 10.1. The number of hydrogen-bond donors (Lipinski definition) is 1. The van der Waals surface area contributed by atoms with E-state index in [0.717, 1.165) is 27.9 Å². The lowest BCUT2D eigenvalue weighted by Gasteiger charge is -2.18. The highest BCUT2D eigenvalue weighted by atomic mass is 79.9. The topological polar surface area (TPSA) is 30.5 Å². The fraction of sp³-hybridized carbons (Fsp3) is 0.294. The van der Waals surface area contributed by atoms with Crippen molar-refractivity contribution in [1.29, 1.82) is 0 Å². The third kappa shape index (κ3) is 4.84. The van der Waals surface area contributed by atoms with Gasteiger partial charge in [-0.1, -0.05) is 40.2 Å². The van der Waals surface area contributed by atoms with E-state index in [2.05, 4.69) is 33.4 Å². The molecule has 0 aliphatic carbocycles. The molecule has 0 aromatic heterocycles. The summed E-state index contributed by atoms with van der Waals surface area (Å²) in [5.41, 5.74) is 2.26. The maximum atomic E-state index is 6.07. The highest BCUT2D eigenvalue weighted by molar-refractivity contribution is 9.10. The number of ether oxygens (including phenoxy) is 2. The Hall–Kier alpha value is -1.36. The molecule has 0 fully saturated rings. The average molecular weight is 350 g/mol. The highest BCUT2D eigenvalue weighted by Gasteiger charge is 2.12. The van der Waals surface area contributed by atoms with Gasteiger partial charge in [-0.05, 0) is 42.4 Å². The summed E-state index contributed by atoms with van der Waals surface area (Å²) in [5.74, 6) is 0.851. The van der Waals surface area contributed by atoms with Crippen LogP contribution in [-0.4, -0.2) is 20.7 Å². The van der Waals surface area contributed by atoms with Crippen LogP contribution < -0.4 is 10.1 Å². The lowest BCUT2D eigenvalue weighted by Crippen LogP contribution is -2.19.